The number of benzene rings is 3. The molecule has 0 N–H and O–H groups in total. The Morgan fingerprint density at radius 1 is 0.853 bits per heavy atom. The molecule has 0 bridgehead atoms. The molecule has 4 nitrogen and oxygen atoms in total. The second-order valence-electron chi connectivity index (χ2n) is 9.46. The van der Waals surface area contributed by atoms with E-state index in [0.717, 1.165) is 61.2 Å². The van der Waals surface area contributed by atoms with E-state index >= 15 is 0 Å². The van der Waals surface area contributed by atoms with Gasteiger partial charge in [0.15, 0.2) is 5.78 Å². The summed E-state index contributed by atoms with van der Waals surface area (Å²) >= 11 is 0. The van der Waals surface area contributed by atoms with Crippen LogP contribution in [-0.4, -0.2) is 29.7 Å². The van der Waals surface area contributed by atoms with Gasteiger partial charge in [-0.2, -0.15) is 0 Å². The van der Waals surface area contributed by atoms with Gasteiger partial charge in [0.05, 0.1) is 0 Å². The number of rotatable bonds is 5. The van der Waals surface area contributed by atoms with Gasteiger partial charge < -0.3 is 9.64 Å². The van der Waals surface area contributed by atoms with Crippen molar-refractivity contribution in [1.82, 2.24) is 4.90 Å². The number of Topliss-reactive ketones (excluding diaryl/α,β-unsaturated/α-hetero) is 1. The van der Waals surface area contributed by atoms with Crippen LogP contribution >= 0.6 is 0 Å². The number of hydrogen-bond acceptors (Lipinski definition) is 3. The van der Waals surface area contributed by atoms with Crippen molar-refractivity contribution in [3.8, 4) is 5.75 Å². The number of amides is 1. The molecule has 1 unspecified atom stereocenters. The zero-order valence-corrected chi connectivity index (χ0v) is 19.5. The van der Waals surface area contributed by atoms with E-state index in [1.54, 1.807) is 0 Å². The van der Waals surface area contributed by atoms with E-state index in [1.165, 1.54) is 5.56 Å². The molecule has 0 radical (unpaired) electrons. The average Bonchev–Trinajstić information content (AvgIpc) is 3.07. The molecule has 1 aliphatic carbocycles. The zero-order valence-electron chi connectivity index (χ0n) is 19.5. The van der Waals surface area contributed by atoms with Crippen LogP contribution in [0.3, 0.4) is 0 Å². The molecule has 0 spiro atoms. The van der Waals surface area contributed by atoms with E-state index in [-0.39, 0.29) is 17.6 Å². The number of carbonyl (C=O) groups excluding carboxylic acids is 2. The highest BCUT2D eigenvalue weighted by Crippen LogP contribution is 2.32. The third-order valence-electron chi connectivity index (χ3n) is 7.27. The van der Waals surface area contributed by atoms with E-state index in [9.17, 15) is 9.59 Å². The largest absolute Gasteiger partial charge is 0.489 e. The predicted octanol–water partition coefficient (Wildman–Crippen LogP) is 5.81. The number of carbonyl (C=O) groups is 2. The van der Waals surface area contributed by atoms with Gasteiger partial charge in [-0.15, -0.1) is 0 Å². The van der Waals surface area contributed by atoms with Crippen LogP contribution in [0.5, 0.6) is 5.75 Å². The second-order valence-corrected chi connectivity index (χ2v) is 9.46. The van der Waals surface area contributed by atoms with Crippen molar-refractivity contribution in [2.24, 2.45) is 5.92 Å². The van der Waals surface area contributed by atoms with Crippen molar-refractivity contribution in [3.05, 3.63) is 101 Å². The van der Waals surface area contributed by atoms with Crippen LogP contribution in [-0.2, 0) is 17.8 Å². The normalized spacial score (nSPS) is 18.8. The number of likely N-dealkylation sites (tertiary alicyclic amines) is 1. The van der Waals surface area contributed by atoms with Crippen molar-refractivity contribution in [1.29, 1.82) is 0 Å². The smallest absolute Gasteiger partial charge is 0.226 e. The maximum atomic E-state index is 13.2. The Labute approximate surface area is 201 Å². The number of ether oxygens (including phenoxy) is 1. The summed E-state index contributed by atoms with van der Waals surface area (Å²) in [7, 11) is 0. The second kappa shape index (κ2) is 10.3. The molecule has 4 heteroatoms. The molecule has 3 aromatic carbocycles. The number of hydrogen-bond donors (Lipinski definition) is 0. The molecule has 2 aliphatic rings. The maximum absolute atomic E-state index is 13.2. The lowest BCUT2D eigenvalue weighted by Crippen LogP contribution is -2.41. The van der Waals surface area contributed by atoms with E-state index in [0.29, 0.717) is 18.9 Å². The summed E-state index contributed by atoms with van der Waals surface area (Å²) in [6.45, 7) is 2.08. The first-order valence-electron chi connectivity index (χ1n) is 12.3. The third kappa shape index (κ3) is 5.06. The van der Waals surface area contributed by atoms with E-state index in [2.05, 4.69) is 24.3 Å². The van der Waals surface area contributed by atoms with E-state index < -0.39 is 0 Å². The minimum absolute atomic E-state index is 0.107. The van der Waals surface area contributed by atoms with Crippen molar-refractivity contribution < 1.29 is 14.3 Å². The van der Waals surface area contributed by atoms with Gasteiger partial charge in [-0.25, -0.2) is 0 Å². The highest BCUT2D eigenvalue weighted by molar-refractivity contribution is 6.00. The van der Waals surface area contributed by atoms with Gasteiger partial charge >= 0.3 is 0 Å². The molecular weight excluding hydrogens is 422 g/mol. The van der Waals surface area contributed by atoms with Crippen LogP contribution in [0.1, 0.15) is 58.6 Å². The summed E-state index contributed by atoms with van der Waals surface area (Å²) in [5.41, 5.74) is 4.34. The molecule has 1 atom stereocenters. The molecule has 0 saturated carbocycles. The standard InChI is InChI=1S/C30H31NO3/c32-29-20-26(11-10-25-8-4-5-9-28(25)29)30(33)31-18-16-24(17-19-31)23-12-14-27(15-13-23)34-21-22-6-2-1-3-7-22/h1-9,12-15,24,26H,10-11,16-21H2. The number of piperidine rings is 1. The first-order valence-corrected chi connectivity index (χ1v) is 12.3. The molecule has 1 saturated heterocycles. The fraction of sp³-hybridized carbons (Fsp3) is 0.333. The molecule has 1 heterocycles. The van der Waals surface area contributed by atoms with Gasteiger partial charge in [0.2, 0.25) is 5.91 Å². The van der Waals surface area contributed by atoms with Crippen LogP contribution in [0, 0.1) is 5.92 Å². The predicted molar refractivity (Wildman–Crippen MR) is 133 cm³/mol. The van der Waals surface area contributed by atoms with Crippen molar-refractivity contribution in [3.63, 3.8) is 0 Å². The highest BCUT2D eigenvalue weighted by atomic mass is 16.5. The molecule has 5 rings (SSSR count). The van der Waals surface area contributed by atoms with Crippen LogP contribution in [0.15, 0.2) is 78.9 Å². The summed E-state index contributed by atoms with van der Waals surface area (Å²) in [5, 5.41) is 0. The maximum Gasteiger partial charge on any atom is 0.226 e. The summed E-state index contributed by atoms with van der Waals surface area (Å²) < 4.78 is 5.91. The lowest BCUT2D eigenvalue weighted by molar-refractivity contribution is -0.136. The van der Waals surface area contributed by atoms with E-state index in [4.69, 9.17) is 4.74 Å². The SMILES string of the molecule is O=C1CC(C(=O)N2CCC(c3ccc(OCc4ccccc4)cc3)CC2)CCc2ccccc21. The Morgan fingerprint density at radius 2 is 1.56 bits per heavy atom. The minimum Gasteiger partial charge on any atom is -0.489 e. The molecule has 1 fully saturated rings. The number of ketones is 1. The number of aryl methyl sites for hydroxylation is 1. The fourth-order valence-electron chi connectivity index (χ4n) is 5.26. The molecule has 34 heavy (non-hydrogen) atoms. The Bertz CT molecular complexity index is 1130. The van der Waals surface area contributed by atoms with Crippen molar-refractivity contribution in [2.45, 2.75) is 44.6 Å². The monoisotopic (exact) mass is 453 g/mol. The van der Waals surface area contributed by atoms with Gasteiger partial charge in [0.25, 0.3) is 0 Å². The average molecular weight is 454 g/mol. The van der Waals surface area contributed by atoms with E-state index in [1.807, 2.05) is 59.5 Å². The molecule has 174 valence electrons. The van der Waals surface area contributed by atoms with Crippen LogP contribution < -0.4 is 4.74 Å². The topological polar surface area (TPSA) is 46.6 Å². The summed E-state index contributed by atoms with van der Waals surface area (Å²) in [5.74, 6) is 1.39. The van der Waals surface area contributed by atoms with Gasteiger partial charge in [-0.1, -0.05) is 66.7 Å². The van der Waals surface area contributed by atoms with Gasteiger partial charge in [0, 0.05) is 31.0 Å². The Balaban J connectivity index is 1.13. The highest BCUT2D eigenvalue weighted by Gasteiger charge is 2.32. The van der Waals surface area contributed by atoms with Crippen molar-refractivity contribution in [2.75, 3.05) is 13.1 Å². The lowest BCUT2D eigenvalue weighted by Gasteiger charge is -2.34. The molecule has 3 aromatic rings. The number of nitrogens with zero attached hydrogens (tertiary/aromatic N) is 1. The van der Waals surface area contributed by atoms with Crippen LogP contribution in [0.25, 0.3) is 0 Å². The minimum atomic E-state index is -0.197. The van der Waals surface area contributed by atoms with Gasteiger partial charge in [0.1, 0.15) is 12.4 Å². The number of fused-ring (bicyclic) bond motifs is 1. The summed E-state index contributed by atoms with van der Waals surface area (Å²) in [4.78, 5) is 27.9. The molecule has 0 aromatic heterocycles. The third-order valence-corrected chi connectivity index (χ3v) is 7.27. The summed E-state index contributed by atoms with van der Waals surface area (Å²) in [6.07, 6.45) is 3.80. The van der Waals surface area contributed by atoms with Gasteiger partial charge in [-0.3, -0.25) is 9.59 Å². The summed E-state index contributed by atoms with van der Waals surface area (Å²) in [6, 6.07) is 26.4. The zero-order chi connectivity index (χ0) is 23.3. The molecule has 1 aliphatic heterocycles. The lowest BCUT2D eigenvalue weighted by atomic mass is 9.88. The fourth-order valence-corrected chi connectivity index (χ4v) is 5.26. The van der Waals surface area contributed by atoms with Crippen LogP contribution in [0.4, 0.5) is 0 Å². The first kappa shape index (κ1) is 22.4. The van der Waals surface area contributed by atoms with Crippen molar-refractivity contribution >= 4 is 11.7 Å². The molecule has 1 amide bonds. The Kier molecular flexibility index (Phi) is 6.75. The quantitative estimate of drug-likeness (QED) is 0.458. The van der Waals surface area contributed by atoms with Gasteiger partial charge in [-0.05, 0) is 60.4 Å². The molecular formula is C30H31NO3. The first-order chi connectivity index (χ1) is 16.7. The Morgan fingerprint density at radius 3 is 2.32 bits per heavy atom. The van der Waals surface area contributed by atoms with Crippen LogP contribution in [0.2, 0.25) is 0 Å². The Hall–Kier alpha value is -3.40.